The standard InChI is InChI=1S/C16H14F3N3O2.C5H10O/c17-16(18,19)8-1-2-9(12(23)5-8)13-10-6-15(3-4-15)24-7-11(10)14(20)22-21-13;1-6-5-3-2-4-5/h1-2,5,23H,3-4,6-7H2,(H2,20,22);5H,2-4H2,1H3. The topological polar surface area (TPSA) is 90.5 Å². The molecule has 1 aliphatic heterocycles. The van der Waals surface area contributed by atoms with Gasteiger partial charge in [0.1, 0.15) is 11.4 Å². The average Bonchev–Trinajstić information content (AvgIpc) is 3.40. The Morgan fingerprint density at radius 3 is 2.43 bits per heavy atom. The molecule has 0 saturated heterocycles. The molecule has 0 atom stereocenters. The monoisotopic (exact) mass is 423 g/mol. The maximum Gasteiger partial charge on any atom is 0.416 e. The minimum atomic E-state index is -4.52. The number of nitrogens with two attached hydrogens (primary N) is 1. The van der Waals surface area contributed by atoms with Crippen molar-refractivity contribution in [1.29, 1.82) is 0 Å². The van der Waals surface area contributed by atoms with Crippen molar-refractivity contribution in [2.45, 2.75) is 63.0 Å². The van der Waals surface area contributed by atoms with E-state index in [1.54, 1.807) is 7.11 Å². The highest BCUT2D eigenvalue weighted by atomic mass is 19.4. The van der Waals surface area contributed by atoms with Gasteiger partial charge in [0.15, 0.2) is 5.82 Å². The lowest BCUT2D eigenvalue weighted by Gasteiger charge is -2.27. The number of phenolic OH excluding ortho intramolecular Hbond substituents is 1. The summed E-state index contributed by atoms with van der Waals surface area (Å²) < 4.78 is 49.1. The van der Waals surface area contributed by atoms with Gasteiger partial charge >= 0.3 is 6.18 Å². The molecular weight excluding hydrogens is 399 g/mol. The number of anilines is 1. The molecule has 162 valence electrons. The summed E-state index contributed by atoms with van der Waals surface area (Å²) in [6.45, 7) is 0.297. The number of nitrogen functional groups attached to an aromatic ring is 1. The molecule has 3 N–H and O–H groups in total. The molecule has 1 spiro atoms. The molecule has 2 aliphatic carbocycles. The van der Waals surface area contributed by atoms with Gasteiger partial charge in [0, 0.05) is 24.7 Å². The zero-order valence-electron chi connectivity index (χ0n) is 16.6. The molecule has 3 aliphatic rings. The van der Waals surface area contributed by atoms with Crippen molar-refractivity contribution in [2.75, 3.05) is 12.8 Å². The smallest absolute Gasteiger partial charge is 0.416 e. The van der Waals surface area contributed by atoms with E-state index in [0.717, 1.165) is 24.5 Å². The molecular formula is C21H24F3N3O3. The van der Waals surface area contributed by atoms with E-state index in [1.807, 2.05) is 0 Å². The molecule has 5 rings (SSSR count). The van der Waals surface area contributed by atoms with Gasteiger partial charge in [-0.3, -0.25) is 0 Å². The molecule has 0 radical (unpaired) electrons. The summed E-state index contributed by atoms with van der Waals surface area (Å²) in [5.74, 6) is -0.238. The van der Waals surface area contributed by atoms with Crippen LogP contribution in [-0.2, 0) is 28.7 Å². The molecule has 30 heavy (non-hydrogen) atoms. The number of hydrogen-bond donors (Lipinski definition) is 2. The minimum absolute atomic E-state index is 0.212. The van der Waals surface area contributed by atoms with Crippen molar-refractivity contribution >= 4 is 5.82 Å². The van der Waals surface area contributed by atoms with E-state index >= 15 is 0 Å². The van der Waals surface area contributed by atoms with Crippen molar-refractivity contribution < 1.29 is 27.8 Å². The number of aromatic hydroxyl groups is 1. The maximum absolute atomic E-state index is 12.8. The number of aromatic nitrogens is 2. The van der Waals surface area contributed by atoms with Gasteiger partial charge in [-0.15, -0.1) is 10.2 Å². The van der Waals surface area contributed by atoms with Gasteiger partial charge in [-0.1, -0.05) is 0 Å². The van der Waals surface area contributed by atoms with Gasteiger partial charge in [-0.05, 0) is 55.9 Å². The fourth-order valence-corrected chi connectivity index (χ4v) is 3.66. The molecule has 1 aromatic heterocycles. The molecule has 0 bridgehead atoms. The van der Waals surface area contributed by atoms with Crippen LogP contribution in [0.4, 0.5) is 19.0 Å². The first-order valence-corrected chi connectivity index (χ1v) is 9.94. The minimum Gasteiger partial charge on any atom is -0.507 e. The Kier molecular flexibility index (Phi) is 5.36. The summed E-state index contributed by atoms with van der Waals surface area (Å²) >= 11 is 0. The van der Waals surface area contributed by atoms with Gasteiger partial charge in [0.25, 0.3) is 0 Å². The molecule has 2 aromatic rings. The molecule has 0 amide bonds. The Balaban J connectivity index is 0.000000313. The molecule has 1 aromatic carbocycles. The number of methoxy groups -OCH3 is 1. The third-order valence-corrected chi connectivity index (χ3v) is 6.01. The molecule has 6 nitrogen and oxygen atoms in total. The van der Waals surface area contributed by atoms with Crippen molar-refractivity contribution in [1.82, 2.24) is 10.2 Å². The summed E-state index contributed by atoms with van der Waals surface area (Å²) in [6.07, 6.45) is 2.46. The van der Waals surface area contributed by atoms with E-state index in [2.05, 4.69) is 10.2 Å². The first-order chi connectivity index (χ1) is 14.2. The number of rotatable bonds is 2. The number of alkyl halides is 3. The molecule has 2 fully saturated rings. The van der Waals surface area contributed by atoms with Crippen LogP contribution in [0, 0.1) is 0 Å². The number of halogens is 3. The van der Waals surface area contributed by atoms with Crippen LogP contribution in [0.5, 0.6) is 5.75 Å². The van der Waals surface area contributed by atoms with Crippen LogP contribution in [0.1, 0.15) is 48.8 Å². The van der Waals surface area contributed by atoms with Crippen LogP contribution in [0.25, 0.3) is 11.3 Å². The van der Waals surface area contributed by atoms with E-state index < -0.39 is 17.5 Å². The molecule has 0 unspecified atom stereocenters. The number of fused-ring (bicyclic) bond motifs is 1. The van der Waals surface area contributed by atoms with Gasteiger partial charge in [0.05, 0.1) is 23.9 Å². The summed E-state index contributed by atoms with van der Waals surface area (Å²) in [5.41, 5.74) is 6.77. The first-order valence-electron chi connectivity index (χ1n) is 9.94. The number of nitrogens with zero attached hydrogens (tertiary/aromatic N) is 2. The highest BCUT2D eigenvalue weighted by molar-refractivity contribution is 5.73. The summed E-state index contributed by atoms with van der Waals surface area (Å²) in [6, 6.07) is 2.84. The van der Waals surface area contributed by atoms with Crippen LogP contribution in [-0.4, -0.2) is 34.1 Å². The van der Waals surface area contributed by atoms with E-state index in [4.69, 9.17) is 15.2 Å². The zero-order valence-corrected chi connectivity index (χ0v) is 16.6. The molecule has 2 heterocycles. The van der Waals surface area contributed by atoms with Crippen LogP contribution >= 0.6 is 0 Å². The second-order valence-corrected chi connectivity index (χ2v) is 8.06. The average molecular weight is 423 g/mol. The Morgan fingerprint density at radius 2 is 1.93 bits per heavy atom. The van der Waals surface area contributed by atoms with Crippen molar-refractivity contribution in [3.8, 4) is 17.0 Å². The number of benzene rings is 1. The lowest BCUT2D eigenvalue weighted by Crippen LogP contribution is -2.26. The first kappa shape index (κ1) is 20.9. The second-order valence-electron chi connectivity index (χ2n) is 8.06. The predicted octanol–water partition coefficient (Wildman–Crippen LogP) is 4.24. The third-order valence-electron chi connectivity index (χ3n) is 6.01. The second kappa shape index (κ2) is 7.70. The van der Waals surface area contributed by atoms with E-state index in [9.17, 15) is 18.3 Å². The summed E-state index contributed by atoms with van der Waals surface area (Å²) in [5, 5.41) is 18.0. The largest absolute Gasteiger partial charge is 0.507 e. The van der Waals surface area contributed by atoms with Crippen LogP contribution < -0.4 is 5.73 Å². The van der Waals surface area contributed by atoms with Crippen molar-refractivity contribution in [3.05, 3.63) is 34.9 Å². The quantitative estimate of drug-likeness (QED) is 0.751. The fraction of sp³-hybridized carbons (Fsp3) is 0.524. The highest BCUT2D eigenvalue weighted by Gasteiger charge is 2.48. The van der Waals surface area contributed by atoms with Gasteiger partial charge < -0.3 is 20.3 Å². The van der Waals surface area contributed by atoms with Crippen molar-refractivity contribution in [3.63, 3.8) is 0 Å². The Morgan fingerprint density at radius 1 is 1.20 bits per heavy atom. The van der Waals surface area contributed by atoms with Crippen LogP contribution in [0.2, 0.25) is 0 Å². The van der Waals surface area contributed by atoms with Gasteiger partial charge in [-0.2, -0.15) is 13.2 Å². The Hall–Kier alpha value is -2.39. The van der Waals surface area contributed by atoms with E-state index in [-0.39, 0.29) is 17.0 Å². The van der Waals surface area contributed by atoms with Crippen LogP contribution in [0.15, 0.2) is 18.2 Å². The fourth-order valence-electron chi connectivity index (χ4n) is 3.66. The Bertz CT molecular complexity index is 938. The van der Waals surface area contributed by atoms with Gasteiger partial charge in [-0.25, -0.2) is 0 Å². The predicted molar refractivity (Wildman–Crippen MR) is 104 cm³/mol. The van der Waals surface area contributed by atoms with Crippen LogP contribution in [0.3, 0.4) is 0 Å². The van der Waals surface area contributed by atoms with E-state index in [0.29, 0.717) is 36.5 Å². The molecule has 9 heteroatoms. The number of phenols is 1. The summed E-state index contributed by atoms with van der Waals surface area (Å²) in [4.78, 5) is 0. The lowest BCUT2D eigenvalue weighted by atomic mass is 9.93. The summed E-state index contributed by atoms with van der Waals surface area (Å²) in [7, 11) is 1.78. The maximum atomic E-state index is 12.8. The van der Waals surface area contributed by atoms with E-state index in [1.165, 1.54) is 25.3 Å². The number of hydrogen-bond acceptors (Lipinski definition) is 6. The lowest BCUT2D eigenvalue weighted by molar-refractivity contribution is -0.137. The van der Waals surface area contributed by atoms with Crippen molar-refractivity contribution in [2.24, 2.45) is 0 Å². The number of ether oxygens (including phenoxy) is 2. The molecule has 2 saturated carbocycles. The highest BCUT2D eigenvalue weighted by Crippen LogP contribution is 2.49. The zero-order chi connectivity index (χ0) is 21.5. The van der Waals surface area contributed by atoms with Gasteiger partial charge in [0.2, 0.25) is 0 Å². The normalized spacial score (nSPS) is 19.5. The SMILES string of the molecule is COC1CCC1.Nc1nnc(-c2ccc(C(F)(F)F)cc2O)c2c1COC1(CC1)C2. The Labute approximate surface area is 172 Å². The third kappa shape index (κ3) is 4.09.